The van der Waals surface area contributed by atoms with Gasteiger partial charge in [0, 0.05) is 25.5 Å². The first-order chi connectivity index (χ1) is 7.67. The average Bonchev–Trinajstić information content (AvgIpc) is 2.74. The minimum absolute atomic E-state index is 0.0334. The van der Waals surface area contributed by atoms with E-state index >= 15 is 0 Å². The highest BCUT2D eigenvalue weighted by Gasteiger charge is 2.09. The standard InChI is InChI=1S/C11H18N4S/c1-4-13-6-10-8-16-11(14-10)15(3)7-9(2)5-12/h8-9,13H,4,6-7H2,1-3H3. The molecule has 0 radical (unpaired) electrons. The monoisotopic (exact) mass is 238 g/mol. The van der Waals surface area contributed by atoms with Crippen LogP contribution >= 0.6 is 11.3 Å². The van der Waals surface area contributed by atoms with E-state index in [1.165, 1.54) is 0 Å². The van der Waals surface area contributed by atoms with Gasteiger partial charge in [-0.15, -0.1) is 11.3 Å². The van der Waals surface area contributed by atoms with Gasteiger partial charge in [-0.3, -0.25) is 0 Å². The summed E-state index contributed by atoms with van der Waals surface area (Å²) >= 11 is 1.63. The highest BCUT2D eigenvalue weighted by atomic mass is 32.1. The number of hydrogen-bond donors (Lipinski definition) is 1. The van der Waals surface area contributed by atoms with Crippen LogP contribution in [0.1, 0.15) is 19.5 Å². The molecule has 0 aliphatic rings. The van der Waals surface area contributed by atoms with Crippen molar-refractivity contribution in [1.82, 2.24) is 10.3 Å². The molecule has 0 saturated heterocycles. The fourth-order valence-electron chi connectivity index (χ4n) is 1.34. The second-order valence-corrected chi connectivity index (χ2v) is 4.65. The van der Waals surface area contributed by atoms with Gasteiger partial charge in [-0.1, -0.05) is 6.92 Å². The fourth-order valence-corrected chi connectivity index (χ4v) is 2.14. The molecule has 0 fully saturated rings. The molecule has 0 aliphatic carbocycles. The highest BCUT2D eigenvalue weighted by Crippen LogP contribution is 2.19. The molecular weight excluding hydrogens is 220 g/mol. The second-order valence-electron chi connectivity index (χ2n) is 3.81. The molecular formula is C11H18N4S. The lowest BCUT2D eigenvalue weighted by molar-refractivity contribution is 0.701. The van der Waals surface area contributed by atoms with Gasteiger partial charge in [-0.05, 0) is 13.5 Å². The molecule has 0 amide bonds. The third kappa shape index (κ3) is 3.80. The van der Waals surface area contributed by atoms with Gasteiger partial charge in [0.05, 0.1) is 17.7 Å². The van der Waals surface area contributed by atoms with Crippen LogP contribution in [0, 0.1) is 17.2 Å². The van der Waals surface area contributed by atoms with Crippen LogP contribution in [0.5, 0.6) is 0 Å². The van der Waals surface area contributed by atoms with Gasteiger partial charge in [0.2, 0.25) is 0 Å². The van der Waals surface area contributed by atoms with Crippen molar-refractivity contribution in [2.45, 2.75) is 20.4 Å². The molecule has 1 aromatic heterocycles. The highest BCUT2D eigenvalue weighted by molar-refractivity contribution is 7.13. The predicted octanol–water partition coefficient (Wildman–Crippen LogP) is 1.85. The Bertz CT molecular complexity index is 355. The molecule has 1 atom stereocenters. The normalized spacial score (nSPS) is 12.1. The van der Waals surface area contributed by atoms with E-state index < -0.39 is 0 Å². The van der Waals surface area contributed by atoms with Gasteiger partial charge in [0.15, 0.2) is 5.13 Å². The van der Waals surface area contributed by atoms with Crippen molar-refractivity contribution >= 4 is 16.5 Å². The van der Waals surface area contributed by atoms with Crippen molar-refractivity contribution in [1.29, 1.82) is 5.26 Å². The Labute approximate surface area is 101 Å². The van der Waals surface area contributed by atoms with Crippen molar-refractivity contribution in [3.05, 3.63) is 11.1 Å². The summed E-state index contributed by atoms with van der Waals surface area (Å²) in [7, 11) is 1.98. The van der Waals surface area contributed by atoms with Gasteiger partial charge in [-0.25, -0.2) is 4.98 Å². The minimum Gasteiger partial charge on any atom is -0.350 e. The van der Waals surface area contributed by atoms with Crippen LogP contribution in [0.4, 0.5) is 5.13 Å². The fraction of sp³-hybridized carbons (Fsp3) is 0.636. The molecule has 0 saturated carbocycles. The lowest BCUT2D eigenvalue weighted by atomic mass is 10.2. The number of rotatable bonds is 6. The quantitative estimate of drug-likeness (QED) is 0.821. The first-order valence-corrected chi connectivity index (χ1v) is 6.31. The van der Waals surface area contributed by atoms with E-state index in [-0.39, 0.29) is 5.92 Å². The Morgan fingerprint density at radius 1 is 1.69 bits per heavy atom. The minimum atomic E-state index is 0.0334. The first kappa shape index (κ1) is 12.9. The summed E-state index contributed by atoms with van der Waals surface area (Å²) in [6, 6.07) is 2.23. The van der Waals surface area contributed by atoms with Gasteiger partial charge < -0.3 is 10.2 Å². The van der Waals surface area contributed by atoms with Crippen LogP contribution in [0.25, 0.3) is 0 Å². The van der Waals surface area contributed by atoms with Crippen LogP contribution < -0.4 is 10.2 Å². The third-order valence-electron chi connectivity index (χ3n) is 2.19. The first-order valence-electron chi connectivity index (χ1n) is 5.43. The largest absolute Gasteiger partial charge is 0.350 e. The summed E-state index contributed by atoms with van der Waals surface area (Å²) < 4.78 is 0. The Hall–Kier alpha value is -1.12. The smallest absolute Gasteiger partial charge is 0.185 e. The number of hydrogen-bond acceptors (Lipinski definition) is 5. The van der Waals surface area contributed by atoms with Gasteiger partial charge in [-0.2, -0.15) is 5.26 Å². The maximum absolute atomic E-state index is 8.75. The van der Waals surface area contributed by atoms with Gasteiger partial charge >= 0.3 is 0 Å². The van der Waals surface area contributed by atoms with E-state index in [9.17, 15) is 0 Å². The number of aromatic nitrogens is 1. The Balaban J connectivity index is 2.53. The number of anilines is 1. The van der Waals surface area contributed by atoms with Crippen molar-refractivity contribution in [2.24, 2.45) is 5.92 Å². The Kier molecular flexibility index (Phi) is 5.23. The molecule has 0 aromatic carbocycles. The molecule has 0 aliphatic heterocycles. The van der Waals surface area contributed by atoms with E-state index in [0.717, 1.165) is 30.5 Å². The summed E-state index contributed by atoms with van der Waals surface area (Å²) in [6.07, 6.45) is 0. The number of nitrogens with one attached hydrogen (secondary N) is 1. The Morgan fingerprint density at radius 2 is 2.44 bits per heavy atom. The molecule has 1 aromatic rings. The zero-order valence-corrected chi connectivity index (χ0v) is 10.8. The van der Waals surface area contributed by atoms with Crippen LogP contribution in [0.15, 0.2) is 5.38 Å². The van der Waals surface area contributed by atoms with Crippen molar-refractivity contribution in [2.75, 3.05) is 25.0 Å². The topological polar surface area (TPSA) is 52.0 Å². The molecule has 5 heteroatoms. The van der Waals surface area contributed by atoms with Crippen molar-refractivity contribution in [3.8, 4) is 6.07 Å². The lowest BCUT2D eigenvalue weighted by Crippen LogP contribution is -2.23. The third-order valence-corrected chi connectivity index (χ3v) is 3.19. The van der Waals surface area contributed by atoms with Crippen LogP contribution in [0.2, 0.25) is 0 Å². The molecule has 1 unspecified atom stereocenters. The Morgan fingerprint density at radius 3 is 3.06 bits per heavy atom. The summed E-state index contributed by atoms with van der Waals surface area (Å²) in [5.41, 5.74) is 1.07. The maximum atomic E-state index is 8.75. The number of nitrogens with zero attached hydrogens (tertiary/aromatic N) is 3. The van der Waals surface area contributed by atoms with Crippen molar-refractivity contribution in [3.63, 3.8) is 0 Å². The zero-order chi connectivity index (χ0) is 12.0. The van der Waals surface area contributed by atoms with Gasteiger partial charge in [0.25, 0.3) is 0 Å². The number of nitriles is 1. The maximum Gasteiger partial charge on any atom is 0.185 e. The second kappa shape index (κ2) is 6.46. The van der Waals surface area contributed by atoms with Crippen LogP contribution in [-0.4, -0.2) is 25.1 Å². The molecule has 4 nitrogen and oxygen atoms in total. The van der Waals surface area contributed by atoms with E-state index in [4.69, 9.17) is 5.26 Å². The summed E-state index contributed by atoms with van der Waals surface area (Å²) in [5.74, 6) is 0.0334. The molecule has 1 N–H and O–H groups in total. The molecule has 0 spiro atoms. The molecule has 1 heterocycles. The summed E-state index contributed by atoms with van der Waals surface area (Å²) in [5, 5.41) is 15.0. The van der Waals surface area contributed by atoms with E-state index in [0.29, 0.717) is 0 Å². The molecule has 0 bridgehead atoms. The summed E-state index contributed by atoms with van der Waals surface area (Å²) in [6.45, 7) is 6.49. The molecule has 88 valence electrons. The predicted molar refractivity (Wildman–Crippen MR) is 67.5 cm³/mol. The molecule has 16 heavy (non-hydrogen) atoms. The summed E-state index contributed by atoms with van der Waals surface area (Å²) in [4.78, 5) is 6.54. The average molecular weight is 238 g/mol. The zero-order valence-electron chi connectivity index (χ0n) is 10.0. The molecule has 1 rings (SSSR count). The SMILES string of the molecule is CCNCc1csc(N(C)CC(C)C#N)n1. The van der Waals surface area contributed by atoms with Crippen LogP contribution in [0.3, 0.4) is 0 Å². The van der Waals surface area contributed by atoms with E-state index in [1.54, 1.807) is 11.3 Å². The van der Waals surface area contributed by atoms with E-state index in [1.807, 2.05) is 18.9 Å². The number of thiazole rings is 1. The lowest BCUT2D eigenvalue weighted by Gasteiger charge is -2.16. The van der Waals surface area contributed by atoms with Crippen LogP contribution in [-0.2, 0) is 6.54 Å². The van der Waals surface area contributed by atoms with Crippen molar-refractivity contribution < 1.29 is 0 Å². The van der Waals surface area contributed by atoms with Gasteiger partial charge in [0.1, 0.15) is 0 Å². The van der Waals surface area contributed by atoms with E-state index in [2.05, 4.69) is 28.7 Å².